The highest BCUT2D eigenvalue weighted by molar-refractivity contribution is 5.85. The summed E-state index contributed by atoms with van der Waals surface area (Å²) < 4.78 is 26.8. The summed E-state index contributed by atoms with van der Waals surface area (Å²) in [6.07, 6.45) is 2.31. The summed E-state index contributed by atoms with van der Waals surface area (Å²) in [5.41, 5.74) is -0.819. The smallest absolute Gasteiger partial charge is 0.254 e. The van der Waals surface area contributed by atoms with Crippen molar-refractivity contribution in [3.05, 3.63) is 0 Å². The van der Waals surface area contributed by atoms with Crippen molar-refractivity contribution < 1.29 is 8.78 Å². The monoisotopic (exact) mass is 213 g/mol. The molecular weight excluding hydrogens is 196 g/mol. The van der Waals surface area contributed by atoms with Gasteiger partial charge in [-0.05, 0) is 19.9 Å². The van der Waals surface area contributed by atoms with Crippen molar-refractivity contribution >= 4 is 12.4 Å². The van der Waals surface area contributed by atoms with E-state index in [1.165, 1.54) is 0 Å². The van der Waals surface area contributed by atoms with Gasteiger partial charge in [0.15, 0.2) is 0 Å². The Morgan fingerprint density at radius 3 is 2.23 bits per heavy atom. The fourth-order valence-electron chi connectivity index (χ4n) is 1.95. The van der Waals surface area contributed by atoms with E-state index >= 15 is 0 Å². The molecule has 0 spiro atoms. The quantitative estimate of drug-likeness (QED) is 0.744. The van der Waals surface area contributed by atoms with E-state index < -0.39 is 11.3 Å². The third-order valence-corrected chi connectivity index (χ3v) is 2.92. The van der Waals surface area contributed by atoms with Crippen molar-refractivity contribution in [2.24, 2.45) is 5.41 Å². The predicted molar refractivity (Wildman–Crippen MR) is 52.7 cm³/mol. The van der Waals surface area contributed by atoms with Crippen molar-refractivity contribution in [3.8, 4) is 0 Å². The predicted octanol–water partition coefficient (Wildman–Crippen LogP) is 2.84. The summed E-state index contributed by atoms with van der Waals surface area (Å²) in [6.45, 7) is 2.10. The Balaban J connectivity index is 0.00000144. The first kappa shape index (κ1) is 13.1. The van der Waals surface area contributed by atoms with Crippen LogP contribution in [-0.2, 0) is 0 Å². The Labute approximate surface area is 84.7 Å². The van der Waals surface area contributed by atoms with Gasteiger partial charge in [-0.2, -0.15) is 0 Å². The average molecular weight is 214 g/mol. The van der Waals surface area contributed by atoms with E-state index in [1.807, 2.05) is 0 Å². The molecule has 80 valence electrons. The van der Waals surface area contributed by atoms with Crippen LogP contribution in [0.25, 0.3) is 0 Å². The highest BCUT2D eigenvalue weighted by Crippen LogP contribution is 2.47. The second-order valence-electron chi connectivity index (χ2n) is 4.00. The first-order chi connectivity index (χ1) is 5.52. The molecule has 0 bridgehead atoms. The van der Waals surface area contributed by atoms with E-state index in [2.05, 4.69) is 5.32 Å². The number of hydrogen-bond acceptors (Lipinski definition) is 1. The number of alkyl halides is 2. The Morgan fingerprint density at radius 2 is 1.77 bits per heavy atom. The molecule has 0 heterocycles. The molecule has 1 aliphatic rings. The number of halogens is 3. The maximum atomic E-state index is 13.4. The molecule has 1 fully saturated rings. The van der Waals surface area contributed by atoms with Crippen molar-refractivity contribution in [2.75, 3.05) is 13.6 Å². The molecule has 0 saturated heterocycles. The van der Waals surface area contributed by atoms with Crippen molar-refractivity contribution in [3.63, 3.8) is 0 Å². The van der Waals surface area contributed by atoms with Crippen LogP contribution in [0.4, 0.5) is 8.78 Å². The Kier molecular flexibility index (Phi) is 4.60. The topological polar surface area (TPSA) is 12.0 Å². The molecule has 0 aromatic carbocycles. The van der Waals surface area contributed by atoms with Gasteiger partial charge in [-0.3, -0.25) is 0 Å². The van der Waals surface area contributed by atoms with Gasteiger partial charge < -0.3 is 5.32 Å². The Morgan fingerprint density at radius 1 is 1.23 bits per heavy atom. The van der Waals surface area contributed by atoms with E-state index in [1.54, 1.807) is 14.0 Å². The molecular formula is C9H18ClF2N. The molecule has 1 saturated carbocycles. The molecule has 0 aromatic heterocycles. The van der Waals surface area contributed by atoms with Crippen LogP contribution < -0.4 is 5.32 Å². The second-order valence-corrected chi connectivity index (χ2v) is 4.00. The molecule has 0 amide bonds. The number of hydrogen-bond donors (Lipinski definition) is 1. The minimum absolute atomic E-state index is 0. The zero-order valence-corrected chi connectivity index (χ0v) is 9.02. The molecule has 0 radical (unpaired) electrons. The fourth-order valence-corrected chi connectivity index (χ4v) is 1.95. The van der Waals surface area contributed by atoms with Gasteiger partial charge in [0.05, 0.1) is 0 Å². The summed E-state index contributed by atoms with van der Waals surface area (Å²) in [6, 6.07) is 0. The van der Waals surface area contributed by atoms with E-state index in [9.17, 15) is 8.78 Å². The van der Waals surface area contributed by atoms with E-state index in [-0.39, 0.29) is 18.8 Å². The lowest BCUT2D eigenvalue weighted by atomic mass is 9.72. The standard InChI is InChI=1S/C9H17F2N.ClH/c1-8(7-12-2)5-3-4-6-9(8,10)11;/h12H,3-7H2,1-2H3;1H. The molecule has 4 heteroatoms. The van der Waals surface area contributed by atoms with Crippen molar-refractivity contribution in [1.29, 1.82) is 0 Å². The van der Waals surface area contributed by atoms with Crippen LogP contribution in [0.1, 0.15) is 32.6 Å². The van der Waals surface area contributed by atoms with Gasteiger partial charge in [0.1, 0.15) is 0 Å². The van der Waals surface area contributed by atoms with Gasteiger partial charge in [0.25, 0.3) is 5.92 Å². The van der Waals surface area contributed by atoms with E-state index in [0.29, 0.717) is 19.4 Å². The second kappa shape index (κ2) is 4.56. The van der Waals surface area contributed by atoms with Gasteiger partial charge in [0.2, 0.25) is 0 Å². The molecule has 13 heavy (non-hydrogen) atoms. The Hall–Kier alpha value is 0.110. The van der Waals surface area contributed by atoms with Gasteiger partial charge in [-0.15, -0.1) is 12.4 Å². The lowest BCUT2D eigenvalue weighted by molar-refractivity contribution is -0.139. The Bertz CT molecular complexity index is 160. The molecule has 0 aromatic rings. The van der Waals surface area contributed by atoms with Gasteiger partial charge in [-0.25, -0.2) is 8.78 Å². The minimum Gasteiger partial charge on any atom is -0.319 e. The van der Waals surface area contributed by atoms with Crippen LogP contribution in [0.2, 0.25) is 0 Å². The lowest BCUT2D eigenvalue weighted by Crippen LogP contribution is -2.47. The number of rotatable bonds is 2. The first-order valence-corrected chi connectivity index (χ1v) is 4.54. The summed E-state index contributed by atoms with van der Waals surface area (Å²) >= 11 is 0. The summed E-state index contributed by atoms with van der Waals surface area (Å²) in [5, 5.41) is 2.85. The molecule has 1 unspecified atom stereocenters. The highest BCUT2D eigenvalue weighted by Gasteiger charge is 2.50. The minimum atomic E-state index is -2.48. The molecule has 1 rings (SSSR count). The third kappa shape index (κ3) is 2.53. The molecule has 0 aliphatic heterocycles. The van der Waals surface area contributed by atoms with E-state index in [4.69, 9.17) is 0 Å². The maximum absolute atomic E-state index is 13.4. The van der Waals surface area contributed by atoms with Crippen LogP contribution in [0.3, 0.4) is 0 Å². The van der Waals surface area contributed by atoms with Crippen LogP contribution in [0.5, 0.6) is 0 Å². The fraction of sp³-hybridized carbons (Fsp3) is 1.00. The maximum Gasteiger partial charge on any atom is 0.254 e. The summed E-state index contributed by atoms with van der Waals surface area (Å²) in [4.78, 5) is 0. The summed E-state index contributed by atoms with van der Waals surface area (Å²) in [7, 11) is 1.73. The largest absolute Gasteiger partial charge is 0.319 e. The average Bonchev–Trinajstić information content (AvgIpc) is 1.96. The normalized spacial score (nSPS) is 32.3. The summed E-state index contributed by atoms with van der Waals surface area (Å²) in [5.74, 6) is -2.48. The van der Waals surface area contributed by atoms with Crippen LogP contribution >= 0.6 is 12.4 Å². The van der Waals surface area contributed by atoms with Crippen molar-refractivity contribution in [1.82, 2.24) is 5.32 Å². The molecule has 1 nitrogen and oxygen atoms in total. The van der Waals surface area contributed by atoms with Gasteiger partial charge in [-0.1, -0.05) is 13.3 Å². The van der Waals surface area contributed by atoms with Crippen LogP contribution in [0.15, 0.2) is 0 Å². The first-order valence-electron chi connectivity index (χ1n) is 4.54. The zero-order chi connectivity index (χ0) is 9.24. The molecule has 1 N–H and O–H groups in total. The van der Waals surface area contributed by atoms with Gasteiger partial charge in [0, 0.05) is 18.4 Å². The van der Waals surface area contributed by atoms with Crippen molar-refractivity contribution in [2.45, 2.75) is 38.5 Å². The SMILES string of the molecule is CNCC1(C)CCCCC1(F)F.Cl. The highest BCUT2D eigenvalue weighted by atomic mass is 35.5. The van der Waals surface area contributed by atoms with Gasteiger partial charge >= 0.3 is 0 Å². The molecule has 1 aliphatic carbocycles. The third-order valence-electron chi connectivity index (χ3n) is 2.92. The van der Waals surface area contributed by atoms with Crippen LogP contribution in [0, 0.1) is 5.41 Å². The zero-order valence-electron chi connectivity index (χ0n) is 8.20. The van der Waals surface area contributed by atoms with Crippen LogP contribution in [-0.4, -0.2) is 19.5 Å². The van der Waals surface area contributed by atoms with E-state index in [0.717, 1.165) is 6.42 Å². The lowest BCUT2D eigenvalue weighted by Gasteiger charge is -2.41. The number of nitrogens with one attached hydrogen (secondary N) is 1. The molecule has 1 atom stereocenters.